The Bertz CT molecular complexity index is 1010. The molecular weight excluding hydrogens is 356 g/mol. The van der Waals surface area contributed by atoms with Gasteiger partial charge in [0.05, 0.1) is 11.4 Å². The number of hydrogen-bond acceptors (Lipinski definition) is 3. The van der Waals surface area contributed by atoms with Crippen molar-refractivity contribution in [3.8, 4) is 11.4 Å². The van der Waals surface area contributed by atoms with Crippen molar-refractivity contribution in [2.24, 2.45) is 7.05 Å². The molecule has 0 saturated heterocycles. The lowest BCUT2D eigenvalue weighted by molar-refractivity contribution is -0.0498. The first-order valence-corrected chi connectivity index (χ1v) is 8.08. The van der Waals surface area contributed by atoms with E-state index in [9.17, 15) is 18.4 Å². The summed E-state index contributed by atoms with van der Waals surface area (Å²) in [7, 11) is 1.72. The summed E-state index contributed by atoms with van der Waals surface area (Å²) < 4.78 is 31.7. The molecule has 3 rings (SSSR count). The fourth-order valence-electron chi connectivity index (χ4n) is 2.69. The van der Waals surface area contributed by atoms with Gasteiger partial charge in [0, 0.05) is 12.6 Å². The number of halogens is 2. The van der Waals surface area contributed by atoms with Crippen molar-refractivity contribution in [2.45, 2.75) is 13.5 Å². The van der Waals surface area contributed by atoms with Crippen LogP contribution in [-0.4, -0.2) is 21.9 Å². The van der Waals surface area contributed by atoms with E-state index in [0.29, 0.717) is 11.4 Å². The standard InChI is InChI=1S/C19H17F2N3O3/c1-12-16(18(26)24(23(12)2)14-6-4-3-5-7-14)22-17(25)13-8-10-15(11-9-13)27-19(20)21/h3-11,19H,1-2H3,(H,22,25). The summed E-state index contributed by atoms with van der Waals surface area (Å²) in [5, 5.41) is 2.60. The van der Waals surface area contributed by atoms with Crippen molar-refractivity contribution < 1.29 is 18.3 Å². The highest BCUT2D eigenvalue weighted by Crippen LogP contribution is 2.18. The van der Waals surface area contributed by atoms with Crippen LogP contribution in [0.1, 0.15) is 16.1 Å². The number of ether oxygens (including phenoxy) is 1. The van der Waals surface area contributed by atoms with E-state index in [2.05, 4.69) is 10.1 Å². The van der Waals surface area contributed by atoms with Gasteiger partial charge in [0.1, 0.15) is 11.4 Å². The van der Waals surface area contributed by atoms with Gasteiger partial charge >= 0.3 is 6.61 Å². The van der Waals surface area contributed by atoms with Crippen LogP contribution in [-0.2, 0) is 7.05 Å². The van der Waals surface area contributed by atoms with Gasteiger partial charge in [0.15, 0.2) is 0 Å². The van der Waals surface area contributed by atoms with Gasteiger partial charge < -0.3 is 10.1 Å². The normalized spacial score (nSPS) is 10.9. The number of carbonyl (C=O) groups is 1. The van der Waals surface area contributed by atoms with Crippen LogP contribution in [0.5, 0.6) is 5.75 Å². The average Bonchev–Trinajstić information content (AvgIpc) is 2.86. The van der Waals surface area contributed by atoms with Crippen LogP contribution in [0, 0.1) is 6.92 Å². The topological polar surface area (TPSA) is 65.3 Å². The Morgan fingerprint density at radius 2 is 1.70 bits per heavy atom. The number of nitrogens with zero attached hydrogens (tertiary/aromatic N) is 2. The number of amides is 1. The molecule has 0 unspecified atom stereocenters. The third-order valence-corrected chi connectivity index (χ3v) is 4.13. The average molecular weight is 373 g/mol. The number of nitrogens with one attached hydrogen (secondary N) is 1. The van der Waals surface area contributed by atoms with E-state index in [1.54, 1.807) is 30.8 Å². The van der Waals surface area contributed by atoms with Crippen LogP contribution < -0.4 is 15.6 Å². The van der Waals surface area contributed by atoms with Gasteiger partial charge in [-0.15, -0.1) is 0 Å². The van der Waals surface area contributed by atoms with Crippen molar-refractivity contribution in [1.29, 1.82) is 0 Å². The molecule has 0 fully saturated rings. The first kappa shape index (κ1) is 18.4. The van der Waals surface area contributed by atoms with Crippen molar-refractivity contribution in [3.05, 3.63) is 76.2 Å². The molecule has 0 radical (unpaired) electrons. The first-order valence-electron chi connectivity index (χ1n) is 8.08. The fourth-order valence-corrected chi connectivity index (χ4v) is 2.69. The Morgan fingerprint density at radius 1 is 1.07 bits per heavy atom. The molecule has 6 nitrogen and oxygen atoms in total. The van der Waals surface area contributed by atoms with E-state index in [0.717, 1.165) is 0 Å². The minimum atomic E-state index is -2.94. The summed E-state index contributed by atoms with van der Waals surface area (Å²) in [6, 6.07) is 14.3. The summed E-state index contributed by atoms with van der Waals surface area (Å²) in [6.07, 6.45) is 0. The molecule has 0 aliphatic rings. The molecule has 0 bridgehead atoms. The molecule has 0 aliphatic carbocycles. The quantitative estimate of drug-likeness (QED) is 0.746. The van der Waals surface area contributed by atoms with Crippen LogP contribution in [0.2, 0.25) is 0 Å². The van der Waals surface area contributed by atoms with E-state index >= 15 is 0 Å². The zero-order valence-corrected chi connectivity index (χ0v) is 14.6. The van der Waals surface area contributed by atoms with Crippen LogP contribution in [0.25, 0.3) is 5.69 Å². The Balaban J connectivity index is 1.88. The molecule has 140 valence electrons. The molecule has 0 atom stereocenters. The number of aromatic nitrogens is 2. The van der Waals surface area contributed by atoms with Gasteiger partial charge in [-0.3, -0.25) is 14.3 Å². The number of rotatable bonds is 5. The molecule has 1 aromatic heterocycles. The van der Waals surface area contributed by atoms with Crippen LogP contribution in [0.4, 0.5) is 14.5 Å². The Kier molecular flexibility index (Phi) is 5.07. The van der Waals surface area contributed by atoms with Crippen LogP contribution >= 0.6 is 0 Å². The number of benzene rings is 2. The molecular formula is C19H17F2N3O3. The molecule has 1 heterocycles. The smallest absolute Gasteiger partial charge is 0.387 e. The predicted molar refractivity (Wildman–Crippen MR) is 96.8 cm³/mol. The maximum Gasteiger partial charge on any atom is 0.387 e. The Hall–Kier alpha value is -3.42. The van der Waals surface area contributed by atoms with Crippen LogP contribution in [0.15, 0.2) is 59.4 Å². The summed E-state index contributed by atoms with van der Waals surface area (Å²) in [6.45, 7) is -1.22. The Labute approximate surface area is 153 Å². The second-order valence-electron chi connectivity index (χ2n) is 5.79. The van der Waals surface area contributed by atoms with Gasteiger partial charge in [-0.2, -0.15) is 8.78 Å². The van der Waals surface area contributed by atoms with E-state index in [1.807, 2.05) is 18.2 Å². The molecule has 27 heavy (non-hydrogen) atoms. The highest BCUT2D eigenvalue weighted by Gasteiger charge is 2.18. The fraction of sp³-hybridized carbons (Fsp3) is 0.158. The summed E-state index contributed by atoms with van der Waals surface area (Å²) >= 11 is 0. The second-order valence-corrected chi connectivity index (χ2v) is 5.79. The zero-order chi connectivity index (χ0) is 19.6. The summed E-state index contributed by atoms with van der Waals surface area (Å²) in [4.78, 5) is 25.2. The molecule has 0 saturated carbocycles. The molecule has 2 aromatic carbocycles. The van der Waals surface area contributed by atoms with Gasteiger partial charge in [-0.05, 0) is 43.3 Å². The largest absolute Gasteiger partial charge is 0.435 e. The third kappa shape index (κ3) is 3.74. The van der Waals surface area contributed by atoms with E-state index in [1.165, 1.54) is 28.9 Å². The summed E-state index contributed by atoms with van der Waals surface area (Å²) in [5.41, 5.74) is 1.24. The number of para-hydroxylation sites is 1. The maximum atomic E-state index is 12.8. The van der Waals surface area contributed by atoms with Gasteiger partial charge in [-0.1, -0.05) is 18.2 Å². The highest BCUT2D eigenvalue weighted by molar-refractivity contribution is 6.04. The molecule has 1 amide bonds. The lowest BCUT2D eigenvalue weighted by Gasteiger charge is -2.07. The second kappa shape index (κ2) is 7.45. The highest BCUT2D eigenvalue weighted by atomic mass is 19.3. The zero-order valence-electron chi connectivity index (χ0n) is 14.6. The van der Waals surface area contributed by atoms with Gasteiger partial charge in [0.2, 0.25) is 0 Å². The van der Waals surface area contributed by atoms with Gasteiger partial charge in [-0.25, -0.2) is 4.68 Å². The SMILES string of the molecule is Cc1c(NC(=O)c2ccc(OC(F)F)cc2)c(=O)n(-c2ccccc2)n1C. The number of hydrogen-bond donors (Lipinski definition) is 1. The predicted octanol–water partition coefficient (Wildman–Crippen LogP) is 3.34. The van der Waals surface area contributed by atoms with E-state index in [4.69, 9.17) is 0 Å². The molecule has 0 aliphatic heterocycles. The van der Waals surface area contributed by atoms with Crippen molar-refractivity contribution >= 4 is 11.6 Å². The van der Waals surface area contributed by atoms with Crippen molar-refractivity contribution in [3.63, 3.8) is 0 Å². The monoisotopic (exact) mass is 373 g/mol. The minimum absolute atomic E-state index is 0.0520. The van der Waals surface area contributed by atoms with Crippen LogP contribution in [0.3, 0.4) is 0 Å². The van der Waals surface area contributed by atoms with Crippen molar-refractivity contribution in [1.82, 2.24) is 9.36 Å². The Morgan fingerprint density at radius 3 is 2.30 bits per heavy atom. The lowest BCUT2D eigenvalue weighted by atomic mass is 10.2. The molecule has 0 spiro atoms. The maximum absolute atomic E-state index is 12.8. The number of anilines is 1. The van der Waals surface area contributed by atoms with E-state index in [-0.39, 0.29) is 22.6 Å². The minimum Gasteiger partial charge on any atom is -0.435 e. The van der Waals surface area contributed by atoms with E-state index < -0.39 is 12.5 Å². The third-order valence-electron chi connectivity index (χ3n) is 4.13. The number of carbonyl (C=O) groups excluding carboxylic acids is 1. The first-order chi connectivity index (χ1) is 12.9. The lowest BCUT2D eigenvalue weighted by Crippen LogP contribution is -2.22. The van der Waals surface area contributed by atoms with Gasteiger partial charge in [0.25, 0.3) is 11.5 Å². The number of alkyl halides is 2. The molecule has 8 heteroatoms. The van der Waals surface area contributed by atoms with Crippen molar-refractivity contribution in [2.75, 3.05) is 5.32 Å². The summed E-state index contributed by atoms with van der Waals surface area (Å²) in [5.74, 6) is -0.575. The molecule has 3 aromatic rings. The molecule has 1 N–H and O–H groups in total.